The number of hydrogen-bond donors (Lipinski definition) is 7. The predicted octanol–water partition coefficient (Wildman–Crippen LogP) is 2.75. The first-order chi connectivity index (χ1) is 17.5. The second-order valence-corrected chi connectivity index (χ2v) is 13.4. The first-order valence-electron chi connectivity index (χ1n) is 13.1. The molecule has 0 aromatic heterocycles. The van der Waals surface area contributed by atoms with E-state index in [0.29, 0.717) is 12.3 Å². The largest absolute Gasteiger partial charge is 0.394 e. The summed E-state index contributed by atoms with van der Waals surface area (Å²) in [5.41, 5.74) is 5.27. The van der Waals surface area contributed by atoms with Crippen molar-refractivity contribution in [3.05, 3.63) is 70.3 Å². The maximum atomic E-state index is 11.9. The Morgan fingerprint density at radius 3 is 2.38 bits per heavy atom. The molecule has 1 aliphatic heterocycles. The Morgan fingerprint density at radius 1 is 1.03 bits per heavy atom. The second-order valence-electron chi connectivity index (χ2n) is 11.0. The third-order valence-corrected chi connectivity index (χ3v) is 9.68. The molecule has 0 radical (unpaired) electrons. The maximum Gasteiger partial charge on any atom is 0.315 e. The molecule has 7 nitrogen and oxygen atoms in total. The molecule has 0 spiro atoms. The van der Waals surface area contributed by atoms with Crippen LogP contribution in [0.2, 0.25) is 0 Å². The van der Waals surface area contributed by atoms with Crippen molar-refractivity contribution in [2.45, 2.75) is 75.6 Å². The van der Waals surface area contributed by atoms with Gasteiger partial charge < -0.3 is 31.1 Å². The molecule has 1 unspecified atom stereocenters. The number of aliphatic hydroxyl groups is 4. The third-order valence-electron chi connectivity index (χ3n) is 7.17. The molecular weight excluding hydrogens is 488 g/mol. The van der Waals surface area contributed by atoms with Gasteiger partial charge >= 0.3 is 6.03 Å². The summed E-state index contributed by atoms with van der Waals surface area (Å²) < 4.78 is 0. The highest BCUT2D eigenvalue weighted by atomic mass is 32.2. The summed E-state index contributed by atoms with van der Waals surface area (Å²) in [4.78, 5) is 11.9. The Morgan fingerprint density at radius 2 is 1.70 bits per heavy atom. The third kappa shape index (κ3) is 8.19. The van der Waals surface area contributed by atoms with Gasteiger partial charge in [0, 0.05) is 17.5 Å². The van der Waals surface area contributed by atoms with E-state index < -0.39 is 34.7 Å². The number of urea groups is 1. The molecule has 1 fully saturated rings. The fourth-order valence-electron chi connectivity index (χ4n) is 4.80. The van der Waals surface area contributed by atoms with Gasteiger partial charge in [-0.25, -0.2) is 15.7 Å². The van der Waals surface area contributed by atoms with Crippen molar-refractivity contribution in [2.24, 2.45) is 0 Å². The SMILES string of the molecule is Cc1ccc([C@H]2[C@H](O)[C@H](O)[C@H](O)C[SH]2C)cc1Cc1ccc(CCCCNC(=O)NC(C)(C)CO)cc1. The number of rotatable bonds is 10. The van der Waals surface area contributed by atoms with Gasteiger partial charge in [0.1, 0.15) is 6.10 Å². The molecular formula is C29H44N2O5S. The van der Waals surface area contributed by atoms with E-state index in [2.05, 4.69) is 60.2 Å². The van der Waals surface area contributed by atoms with Gasteiger partial charge in [0.2, 0.25) is 0 Å². The Balaban J connectivity index is 1.52. The van der Waals surface area contributed by atoms with Crippen molar-refractivity contribution >= 4 is 16.9 Å². The summed E-state index contributed by atoms with van der Waals surface area (Å²) in [6.45, 7) is 6.12. The average molecular weight is 533 g/mol. The number of carbonyl (C=O) groups excluding carboxylic acids is 1. The number of nitrogens with one attached hydrogen (secondary N) is 2. The van der Waals surface area contributed by atoms with Gasteiger partial charge in [0.25, 0.3) is 0 Å². The molecule has 5 atom stereocenters. The lowest BCUT2D eigenvalue weighted by molar-refractivity contribution is -0.0561. The lowest BCUT2D eigenvalue weighted by Gasteiger charge is -2.42. The molecule has 2 aromatic carbocycles. The minimum absolute atomic E-state index is 0.111. The van der Waals surface area contributed by atoms with Gasteiger partial charge in [-0.05, 0) is 80.5 Å². The summed E-state index contributed by atoms with van der Waals surface area (Å²) in [5, 5.41) is 45.6. The van der Waals surface area contributed by atoms with Crippen LogP contribution in [0.3, 0.4) is 0 Å². The second kappa shape index (κ2) is 13.1. The smallest absolute Gasteiger partial charge is 0.315 e. The zero-order valence-electron chi connectivity index (χ0n) is 22.4. The van der Waals surface area contributed by atoms with Crippen molar-refractivity contribution in [3.8, 4) is 0 Å². The lowest BCUT2D eigenvalue weighted by atomic mass is 9.93. The number of carbonyl (C=O) groups is 1. The maximum absolute atomic E-state index is 11.9. The molecule has 37 heavy (non-hydrogen) atoms. The standard InChI is InChI=1S/C29H44N2O5S/c1-19-8-13-22(27-26(35)25(34)24(33)17-37(27)4)16-23(19)15-21-11-9-20(10-12-21)7-5-6-14-30-28(36)31-29(2,3)18-32/h8-13,16,24-27,32-35,37H,5-7,14-15,17-18H2,1-4H3,(H2,30,31,36)/t24-,25-,26-,27+/m1/s1. The number of hydrogen-bond acceptors (Lipinski definition) is 5. The number of amides is 2. The van der Waals surface area contributed by atoms with Crippen molar-refractivity contribution in [1.29, 1.82) is 0 Å². The summed E-state index contributed by atoms with van der Waals surface area (Å²) >= 11 is 0. The summed E-state index contributed by atoms with van der Waals surface area (Å²) in [6.07, 6.45) is 2.74. The molecule has 206 valence electrons. The number of benzene rings is 2. The van der Waals surface area contributed by atoms with Crippen molar-refractivity contribution in [2.75, 3.05) is 25.2 Å². The van der Waals surface area contributed by atoms with E-state index in [1.54, 1.807) is 13.8 Å². The van der Waals surface area contributed by atoms with Crippen LogP contribution in [0.25, 0.3) is 0 Å². The Labute approximate surface area is 223 Å². The zero-order valence-corrected chi connectivity index (χ0v) is 23.3. The minimum atomic E-state index is -1.10. The number of aryl methyl sites for hydroxylation is 2. The van der Waals surface area contributed by atoms with E-state index in [9.17, 15) is 25.2 Å². The molecule has 8 heteroatoms. The first kappa shape index (κ1) is 29.5. The van der Waals surface area contributed by atoms with Crippen LogP contribution < -0.4 is 10.6 Å². The predicted molar refractivity (Wildman–Crippen MR) is 152 cm³/mol. The molecule has 1 aliphatic rings. The van der Waals surface area contributed by atoms with E-state index in [4.69, 9.17) is 0 Å². The van der Waals surface area contributed by atoms with E-state index >= 15 is 0 Å². The zero-order chi connectivity index (χ0) is 27.2. The van der Waals surface area contributed by atoms with Crippen molar-refractivity contribution in [1.82, 2.24) is 10.6 Å². The lowest BCUT2D eigenvalue weighted by Crippen LogP contribution is -2.50. The van der Waals surface area contributed by atoms with E-state index in [-0.39, 0.29) is 17.9 Å². The van der Waals surface area contributed by atoms with Crippen LogP contribution in [0, 0.1) is 6.92 Å². The molecule has 1 heterocycles. The highest BCUT2D eigenvalue weighted by molar-refractivity contribution is 8.16. The van der Waals surface area contributed by atoms with Gasteiger partial charge in [-0.15, -0.1) is 0 Å². The molecule has 3 rings (SSSR count). The van der Waals surface area contributed by atoms with E-state index in [0.717, 1.165) is 31.2 Å². The molecule has 0 bridgehead atoms. The Hall–Kier alpha value is -2.10. The van der Waals surface area contributed by atoms with Gasteiger partial charge in [0.05, 0.1) is 24.4 Å². The topological polar surface area (TPSA) is 122 Å². The number of aliphatic hydroxyl groups excluding tert-OH is 4. The highest BCUT2D eigenvalue weighted by Crippen LogP contribution is 2.48. The van der Waals surface area contributed by atoms with Gasteiger partial charge in [0.15, 0.2) is 0 Å². The fraction of sp³-hybridized carbons (Fsp3) is 0.552. The van der Waals surface area contributed by atoms with Crippen molar-refractivity contribution < 1.29 is 25.2 Å². The molecule has 0 saturated carbocycles. The Bertz CT molecular complexity index is 1030. The summed E-state index contributed by atoms with van der Waals surface area (Å²) in [7, 11) is -0.639. The van der Waals surface area contributed by atoms with Crippen LogP contribution in [0.4, 0.5) is 4.79 Å². The van der Waals surface area contributed by atoms with Crippen LogP contribution in [-0.4, -0.2) is 75.5 Å². The summed E-state index contributed by atoms with van der Waals surface area (Å²) in [5.74, 6) is 0.536. The molecule has 0 aliphatic carbocycles. The Kier molecular flexibility index (Phi) is 10.4. The average Bonchev–Trinajstić information content (AvgIpc) is 2.85. The molecule has 2 amide bonds. The van der Waals surface area contributed by atoms with Crippen molar-refractivity contribution in [3.63, 3.8) is 0 Å². The number of unbranched alkanes of at least 4 members (excludes halogenated alkanes) is 1. The fourth-order valence-corrected chi connectivity index (χ4v) is 7.20. The first-order valence-corrected chi connectivity index (χ1v) is 15.1. The van der Waals surface area contributed by atoms with E-state index in [1.165, 1.54) is 22.3 Å². The van der Waals surface area contributed by atoms with Crippen LogP contribution in [0.5, 0.6) is 0 Å². The van der Waals surface area contributed by atoms with E-state index in [1.807, 2.05) is 6.07 Å². The monoisotopic (exact) mass is 532 g/mol. The van der Waals surface area contributed by atoms with Crippen LogP contribution in [0.1, 0.15) is 59.8 Å². The van der Waals surface area contributed by atoms with Crippen LogP contribution in [-0.2, 0) is 12.8 Å². The molecule has 1 saturated heterocycles. The van der Waals surface area contributed by atoms with Gasteiger partial charge in [-0.3, -0.25) is 0 Å². The number of thiol groups is 1. The van der Waals surface area contributed by atoms with Gasteiger partial charge in [-0.2, -0.15) is 0 Å². The highest BCUT2D eigenvalue weighted by Gasteiger charge is 2.40. The quantitative estimate of drug-likeness (QED) is 0.187. The minimum Gasteiger partial charge on any atom is -0.394 e. The molecule has 2 aromatic rings. The van der Waals surface area contributed by atoms with Crippen LogP contribution >= 0.6 is 10.9 Å². The van der Waals surface area contributed by atoms with Crippen LogP contribution in [0.15, 0.2) is 42.5 Å². The molecule has 6 N–H and O–H groups in total. The normalized spacial score (nSPS) is 25.0. The summed E-state index contributed by atoms with van der Waals surface area (Å²) in [6, 6.07) is 14.7. The van der Waals surface area contributed by atoms with Gasteiger partial charge in [-0.1, -0.05) is 42.5 Å².